The lowest BCUT2D eigenvalue weighted by Crippen LogP contribution is -2.41. The highest BCUT2D eigenvalue weighted by atomic mass is 79.9. The van der Waals surface area contributed by atoms with Gasteiger partial charge in [-0.15, -0.1) is 0 Å². The Kier molecular flexibility index (Phi) is 5.11. The Morgan fingerprint density at radius 1 is 1.26 bits per heavy atom. The number of amides is 1. The first-order valence-corrected chi connectivity index (χ1v) is 6.82. The molecule has 0 heterocycles. The molecule has 0 spiro atoms. The largest absolute Gasteiger partial charge is 0.480 e. The van der Waals surface area contributed by atoms with E-state index in [4.69, 9.17) is 5.11 Å². The third-order valence-corrected chi connectivity index (χ3v) is 3.78. The average Bonchev–Trinajstić information content (AvgIpc) is 2.29. The van der Waals surface area contributed by atoms with E-state index >= 15 is 0 Å². The van der Waals surface area contributed by atoms with Gasteiger partial charge in [0.1, 0.15) is 6.54 Å². The Morgan fingerprint density at radius 2 is 1.84 bits per heavy atom. The second kappa shape index (κ2) is 6.19. The van der Waals surface area contributed by atoms with Crippen LogP contribution in [0.5, 0.6) is 0 Å². The molecule has 0 aliphatic carbocycles. The fourth-order valence-electron chi connectivity index (χ4n) is 1.80. The summed E-state index contributed by atoms with van der Waals surface area (Å²) < 4.78 is 0.941. The first-order valence-electron chi connectivity index (χ1n) is 6.03. The molecule has 1 aromatic rings. The minimum atomic E-state index is -1.01. The normalized spacial score (nSPS) is 10.6. The molecular weight excluding hydrogens is 310 g/mol. The van der Waals surface area contributed by atoms with Gasteiger partial charge in [-0.25, -0.2) is 0 Å². The first-order chi connectivity index (χ1) is 8.73. The van der Waals surface area contributed by atoms with E-state index in [2.05, 4.69) is 15.9 Å². The van der Waals surface area contributed by atoms with Gasteiger partial charge >= 0.3 is 5.97 Å². The fraction of sp³-hybridized carbons (Fsp3) is 0.429. The van der Waals surface area contributed by atoms with Gasteiger partial charge in [-0.05, 0) is 51.0 Å². The quantitative estimate of drug-likeness (QED) is 0.924. The monoisotopic (exact) mass is 327 g/mol. The summed E-state index contributed by atoms with van der Waals surface area (Å²) in [5, 5.41) is 8.90. The van der Waals surface area contributed by atoms with Crippen molar-refractivity contribution in [1.82, 2.24) is 4.90 Å². The Labute approximate surface area is 121 Å². The summed E-state index contributed by atoms with van der Waals surface area (Å²) in [5.41, 5.74) is 2.34. The molecule has 4 nitrogen and oxygen atoms in total. The number of hydrogen-bond donors (Lipinski definition) is 1. The second-order valence-corrected chi connectivity index (χ2v) is 5.69. The lowest BCUT2D eigenvalue weighted by Gasteiger charge is -2.26. The van der Waals surface area contributed by atoms with E-state index in [-0.39, 0.29) is 18.5 Å². The summed E-state index contributed by atoms with van der Waals surface area (Å²) >= 11 is 3.42. The lowest BCUT2D eigenvalue weighted by atomic mass is 10.0. The van der Waals surface area contributed by atoms with Crippen molar-refractivity contribution < 1.29 is 14.7 Å². The summed E-state index contributed by atoms with van der Waals surface area (Å²) in [6.07, 6.45) is 0. The van der Waals surface area contributed by atoms with E-state index in [1.807, 2.05) is 33.8 Å². The Morgan fingerprint density at radius 3 is 2.32 bits per heavy atom. The van der Waals surface area contributed by atoms with Crippen molar-refractivity contribution in [3.63, 3.8) is 0 Å². The maximum absolute atomic E-state index is 12.5. The van der Waals surface area contributed by atoms with E-state index < -0.39 is 5.97 Å². The molecule has 0 saturated heterocycles. The summed E-state index contributed by atoms with van der Waals surface area (Å²) in [7, 11) is 0. The van der Waals surface area contributed by atoms with Crippen molar-refractivity contribution in [3.8, 4) is 0 Å². The van der Waals surface area contributed by atoms with E-state index in [0.717, 1.165) is 15.6 Å². The molecule has 104 valence electrons. The van der Waals surface area contributed by atoms with Gasteiger partial charge in [-0.2, -0.15) is 0 Å². The molecule has 0 radical (unpaired) electrons. The van der Waals surface area contributed by atoms with Crippen LogP contribution in [0.1, 0.15) is 35.3 Å². The van der Waals surface area contributed by atoms with Crippen molar-refractivity contribution in [3.05, 3.63) is 33.3 Å². The smallest absolute Gasteiger partial charge is 0.323 e. The molecule has 1 aromatic carbocycles. The minimum Gasteiger partial charge on any atom is -0.480 e. The first kappa shape index (κ1) is 15.7. The molecule has 0 saturated carbocycles. The molecule has 0 fully saturated rings. The Bertz CT molecular complexity index is 512. The molecule has 19 heavy (non-hydrogen) atoms. The van der Waals surface area contributed by atoms with Crippen LogP contribution in [-0.2, 0) is 4.79 Å². The van der Waals surface area contributed by atoms with Crippen LogP contribution in [0.25, 0.3) is 0 Å². The summed E-state index contributed by atoms with van der Waals surface area (Å²) in [6, 6.07) is 3.51. The van der Waals surface area contributed by atoms with E-state index in [1.54, 1.807) is 6.07 Å². The molecule has 0 atom stereocenters. The van der Waals surface area contributed by atoms with Crippen LogP contribution in [0.3, 0.4) is 0 Å². The zero-order valence-electron chi connectivity index (χ0n) is 11.5. The molecule has 1 N–H and O–H groups in total. The molecule has 1 amide bonds. The number of hydrogen-bond acceptors (Lipinski definition) is 2. The van der Waals surface area contributed by atoms with E-state index in [9.17, 15) is 9.59 Å². The molecule has 5 heteroatoms. The van der Waals surface area contributed by atoms with Gasteiger partial charge < -0.3 is 10.0 Å². The number of nitrogens with zero attached hydrogens (tertiary/aromatic N) is 1. The van der Waals surface area contributed by atoms with Gasteiger partial charge in [-0.1, -0.05) is 15.9 Å². The van der Waals surface area contributed by atoms with Gasteiger partial charge in [0.2, 0.25) is 0 Å². The molecule has 1 rings (SSSR count). The predicted molar refractivity (Wildman–Crippen MR) is 77.4 cm³/mol. The highest BCUT2D eigenvalue weighted by molar-refractivity contribution is 9.10. The molecule has 0 aromatic heterocycles. The summed E-state index contributed by atoms with van der Waals surface area (Å²) in [4.78, 5) is 24.7. The maximum Gasteiger partial charge on any atom is 0.323 e. The van der Waals surface area contributed by atoms with Crippen LogP contribution in [0, 0.1) is 13.8 Å². The Hall–Kier alpha value is -1.36. The number of carboxylic acids is 1. The Balaban J connectivity index is 3.16. The highest BCUT2D eigenvalue weighted by Gasteiger charge is 2.23. The van der Waals surface area contributed by atoms with Gasteiger partial charge in [-0.3, -0.25) is 9.59 Å². The lowest BCUT2D eigenvalue weighted by molar-refractivity contribution is -0.138. The minimum absolute atomic E-state index is 0.160. The SMILES string of the molecule is Cc1cc(C(=O)N(CC(=O)O)C(C)C)c(C)cc1Br. The van der Waals surface area contributed by atoms with E-state index in [1.165, 1.54) is 4.90 Å². The second-order valence-electron chi connectivity index (χ2n) is 4.84. The number of carbonyl (C=O) groups is 2. The number of rotatable bonds is 4. The fourth-order valence-corrected chi connectivity index (χ4v) is 2.26. The van der Waals surface area contributed by atoms with Crippen molar-refractivity contribution in [2.24, 2.45) is 0 Å². The summed E-state index contributed by atoms with van der Waals surface area (Å²) in [5.74, 6) is -1.25. The molecular formula is C14H18BrNO3. The van der Waals surface area contributed by atoms with Crippen molar-refractivity contribution in [1.29, 1.82) is 0 Å². The number of halogens is 1. The van der Waals surface area contributed by atoms with Crippen molar-refractivity contribution in [2.45, 2.75) is 33.7 Å². The van der Waals surface area contributed by atoms with Crippen LogP contribution in [0.15, 0.2) is 16.6 Å². The molecule has 0 aliphatic heterocycles. The standard InChI is InChI=1S/C14H18BrNO3/c1-8(2)16(7-13(17)18)14(19)11-5-10(4)12(15)6-9(11)3/h5-6,8H,7H2,1-4H3,(H,17,18). The van der Waals surface area contributed by atoms with Gasteiger partial charge in [0.05, 0.1) is 0 Å². The number of carbonyl (C=O) groups excluding carboxylic acids is 1. The third kappa shape index (κ3) is 3.80. The molecule has 0 bridgehead atoms. The van der Waals surface area contributed by atoms with Crippen LogP contribution >= 0.6 is 15.9 Å². The van der Waals surface area contributed by atoms with Gasteiger partial charge in [0.25, 0.3) is 5.91 Å². The average molecular weight is 328 g/mol. The van der Waals surface area contributed by atoms with Crippen LogP contribution in [0.4, 0.5) is 0 Å². The number of aryl methyl sites for hydroxylation is 2. The predicted octanol–water partition coefficient (Wildman–Crippen LogP) is 3.00. The number of carboxylic acid groups (broad SMARTS) is 1. The third-order valence-electron chi connectivity index (χ3n) is 2.93. The van der Waals surface area contributed by atoms with Crippen molar-refractivity contribution in [2.75, 3.05) is 6.54 Å². The zero-order valence-corrected chi connectivity index (χ0v) is 13.1. The van der Waals surface area contributed by atoms with Crippen molar-refractivity contribution >= 4 is 27.8 Å². The summed E-state index contributed by atoms with van der Waals surface area (Å²) in [6.45, 7) is 7.07. The topological polar surface area (TPSA) is 57.6 Å². The van der Waals surface area contributed by atoms with E-state index in [0.29, 0.717) is 5.56 Å². The highest BCUT2D eigenvalue weighted by Crippen LogP contribution is 2.22. The molecule has 0 aliphatic rings. The van der Waals surface area contributed by atoms with Crippen LogP contribution in [-0.4, -0.2) is 34.5 Å². The van der Waals surface area contributed by atoms with Gasteiger partial charge in [0.15, 0.2) is 0 Å². The maximum atomic E-state index is 12.5. The number of benzene rings is 1. The van der Waals surface area contributed by atoms with Crippen LogP contribution in [0.2, 0.25) is 0 Å². The number of aliphatic carboxylic acids is 1. The van der Waals surface area contributed by atoms with Crippen LogP contribution < -0.4 is 0 Å². The zero-order chi connectivity index (χ0) is 14.7. The molecule has 0 unspecified atom stereocenters. The van der Waals surface area contributed by atoms with Gasteiger partial charge in [0, 0.05) is 16.1 Å².